The number of primary amides is 1. The lowest BCUT2D eigenvalue weighted by Crippen LogP contribution is -2.42. The summed E-state index contributed by atoms with van der Waals surface area (Å²) in [6.07, 6.45) is -0.473. The molecule has 1 atom stereocenters. The first kappa shape index (κ1) is 16.3. The standard InChI is InChI=1S/C15H22N2O3/c1-17(2,3)10-13(19)9-12(18)8-11-6-4-5-7-14(11)15(16)20/h4-7,13,19H,8-10H2,1-3H3,(H-,16,20)/p+1. The minimum Gasteiger partial charge on any atom is -0.387 e. The normalized spacial score (nSPS) is 13.0. The Bertz CT molecular complexity index is 492. The molecule has 0 aromatic heterocycles. The monoisotopic (exact) mass is 279 g/mol. The Morgan fingerprint density at radius 1 is 1.25 bits per heavy atom. The third kappa shape index (κ3) is 5.50. The maximum atomic E-state index is 12.0. The van der Waals surface area contributed by atoms with Crippen LogP contribution in [0.2, 0.25) is 0 Å². The van der Waals surface area contributed by atoms with Crippen molar-refractivity contribution in [2.45, 2.75) is 18.9 Å². The smallest absolute Gasteiger partial charge is 0.248 e. The van der Waals surface area contributed by atoms with Crippen molar-refractivity contribution in [1.29, 1.82) is 0 Å². The number of ketones is 1. The van der Waals surface area contributed by atoms with E-state index in [1.165, 1.54) is 0 Å². The van der Waals surface area contributed by atoms with Crippen molar-refractivity contribution in [3.8, 4) is 0 Å². The van der Waals surface area contributed by atoms with Gasteiger partial charge < -0.3 is 15.3 Å². The van der Waals surface area contributed by atoms with E-state index >= 15 is 0 Å². The van der Waals surface area contributed by atoms with Crippen LogP contribution in [0.4, 0.5) is 0 Å². The Balaban J connectivity index is 2.66. The highest BCUT2D eigenvalue weighted by molar-refractivity contribution is 5.96. The fourth-order valence-corrected chi connectivity index (χ4v) is 2.16. The van der Waals surface area contributed by atoms with E-state index in [4.69, 9.17) is 5.73 Å². The van der Waals surface area contributed by atoms with E-state index in [0.717, 1.165) is 0 Å². The van der Waals surface area contributed by atoms with E-state index in [-0.39, 0.29) is 18.6 Å². The predicted octanol–water partition coefficient (Wildman–Crippen LogP) is 0.354. The number of hydrogen-bond acceptors (Lipinski definition) is 3. The van der Waals surface area contributed by atoms with Crippen LogP contribution in [0.15, 0.2) is 24.3 Å². The summed E-state index contributed by atoms with van der Waals surface area (Å²) in [5, 5.41) is 9.88. The Labute approximate surface area is 119 Å². The van der Waals surface area contributed by atoms with Crippen molar-refractivity contribution in [3.05, 3.63) is 35.4 Å². The van der Waals surface area contributed by atoms with Crippen molar-refractivity contribution in [2.75, 3.05) is 27.7 Å². The van der Waals surface area contributed by atoms with Gasteiger partial charge >= 0.3 is 0 Å². The number of carbonyl (C=O) groups excluding carboxylic acids is 2. The molecule has 20 heavy (non-hydrogen) atoms. The molecule has 0 heterocycles. The Morgan fingerprint density at radius 2 is 1.85 bits per heavy atom. The van der Waals surface area contributed by atoms with Gasteiger partial charge in [0.1, 0.15) is 18.4 Å². The zero-order valence-corrected chi connectivity index (χ0v) is 12.3. The topological polar surface area (TPSA) is 80.4 Å². The molecule has 0 saturated heterocycles. The first-order valence-electron chi connectivity index (χ1n) is 6.57. The van der Waals surface area contributed by atoms with Crippen LogP contribution in [-0.4, -0.2) is 55.1 Å². The summed E-state index contributed by atoms with van der Waals surface area (Å²) in [7, 11) is 5.86. The molecule has 5 heteroatoms. The molecule has 0 fully saturated rings. The molecule has 0 spiro atoms. The molecular formula is C15H23N2O3+. The van der Waals surface area contributed by atoms with Gasteiger partial charge in [-0.1, -0.05) is 18.2 Å². The number of quaternary nitrogens is 1. The SMILES string of the molecule is C[N+](C)(C)CC(O)CC(=O)Cc1ccccc1C(N)=O. The van der Waals surface area contributed by atoms with Gasteiger partial charge in [0.25, 0.3) is 0 Å². The first-order valence-corrected chi connectivity index (χ1v) is 6.57. The lowest BCUT2D eigenvalue weighted by Gasteiger charge is -2.26. The second kappa shape index (κ2) is 6.63. The second-order valence-electron chi connectivity index (χ2n) is 6.07. The first-order chi connectivity index (χ1) is 9.19. The number of nitrogens with zero attached hydrogens (tertiary/aromatic N) is 1. The molecule has 0 aliphatic heterocycles. The fourth-order valence-electron chi connectivity index (χ4n) is 2.16. The average Bonchev–Trinajstić information content (AvgIpc) is 2.26. The van der Waals surface area contributed by atoms with E-state index in [0.29, 0.717) is 22.2 Å². The lowest BCUT2D eigenvalue weighted by atomic mass is 9.99. The number of aliphatic hydroxyl groups is 1. The summed E-state index contributed by atoms with van der Waals surface area (Å²) >= 11 is 0. The molecular weight excluding hydrogens is 256 g/mol. The number of likely N-dealkylation sites (N-methyl/N-ethyl adjacent to an activating group) is 1. The molecule has 0 aliphatic rings. The van der Waals surface area contributed by atoms with Crippen LogP contribution in [0.25, 0.3) is 0 Å². The Morgan fingerprint density at radius 3 is 2.40 bits per heavy atom. The van der Waals surface area contributed by atoms with Gasteiger partial charge in [-0.25, -0.2) is 0 Å². The van der Waals surface area contributed by atoms with Crippen LogP contribution in [0.5, 0.6) is 0 Å². The highest BCUT2D eigenvalue weighted by Gasteiger charge is 2.19. The molecule has 0 aliphatic carbocycles. The zero-order valence-electron chi connectivity index (χ0n) is 12.3. The molecule has 1 aromatic carbocycles. The van der Waals surface area contributed by atoms with E-state index in [1.807, 2.05) is 21.1 Å². The molecule has 1 unspecified atom stereocenters. The number of amides is 1. The molecule has 3 N–H and O–H groups in total. The van der Waals surface area contributed by atoms with Gasteiger partial charge in [-0.15, -0.1) is 0 Å². The Hall–Kier alpha value is -1.72. The number of rotatable bonds is 7. The zero-order chi connectivity index (χ0) is 15.3. The summed E-state index contributed by atoms with van der Waals surface area (Å²) < 4.78 is 0.590. The van der Waals surface area contributed by atoms with E-state index in [9.17, 15) is 14.7 Å². The summed E-state index contributed by atoms with van der Waals surface area (Å²) in [6.45, 7) is 0.503. The largest absolute Gasteiger partial charge is 0.387 e. The van der Waals surface area contributed by atoms with Crippen molar-refractivity contribution >= 4 is 11.7 Å². The lowest BCUT2D eigenvalue weighted by molar-refractivity contribution is -0.873. The highest BCUT2D eigenvalue weighted by atomic mass is 16.3. The summed E-state index contributed by atoms with van der Waals surface area (Å²) in [6, 6.07) is 6.79. The van der Waals surface area contributed by atoms with Gasteiger partial charge in [0.05, 0.1) is 21.1 Å². The number of carbonyl (C=O) groups is 2. The van der Waals surface area contributed by atoms with Gasteiger partial charge in [0, 0.05) is 18.4 Å². The maximum Gasteiger partial charge on any atom is 0.248 e. The van der Waals surface area contributed by atoms with E-state index < -0.39 is 12.0 Å². The molecule has 0 radical (unpaired) electrons. The quantitative estimate of drug-likeness (QED) is 0.707. The Kier molecular flexibility index (Phi) is 5.42. The maximum absolute atomic E-state index is 12.0. The minimum absolute atomic E-state index is 0.0859. The van der Waals surface area contributed by atoms with Crippen molar-refractivity contribution < 1.29 is 19.2 Å². The molecule has 0 bridgehead atoms. The van der Waals surface area contributed by atoms with Gasteiger partial charge in [-0.3, -0.25) is 9.59 Å². The summed E-state index contributed by atoms with van der Waals surface area (Å²) in [5.41, 5.74) is 6.25. The third-order valence-electron chi connectivity index (χ3n) is 2.89. The van der Waals surface area contributed by atoms with Crippen molar-refractivity contribution in [1.82, 2.24) is 0 Å². The van der Waals surface area contributed by atoms with E-state index in [2.05, 4.69) is 0 Å². The average molecular weight is 279 g/mol. The third-order valence-corrected chi connectivity index (χ3v) is 2.89. The van der Waals surface area contributed by atoms with Crippen LogP contribution in [0, 0.1) is 0 Å². The summed E-state index contributed by atoms with van der Waals surface area (Å²) in [5.74, 6) is -0.639. The van der Waals surface area contributed by atoms with Gasteiger partial charge in [0.15, 0.2) is 0 Å². The number of hydrogen-bond donors (Lipinski definition) is 2. The highest BCUT2D eigenvalue weighted by Crippen LogP contribution is 2.11. The van der Waals surface area contributed by atoms with Crippen LogP contribution in [0.1, 0.15) is 22.3 Å². The molecule has 110 valence electrons. The number of aliphatic hydroxyl groups excluding tert-OH is 1. The van der Waals surface area contributed by atoms with Crippen LogP contribution < -0.4 is 5.73 Å². The molecule has 1 aromatic rings. The van der Waals surface area contributed by atoms with Crippen LogP contribution >= 0.6 is 0 Å². The van der Waals surface area contributed by atoms with Gasteiger partial charge in [0.2, 0.25) is 5.91 Å². The van der Waals surface area contributed by atoms with Crippen molar-refractivity contribution in [2.24, 2.45) is 5.73 Å². The fraction of sp³-hybridized carbons (Fsp3) is 0.467. The predicted molar refractivity (Wildman–Crippen MR) is 77.2 cm³/mol. The second-order valence-corrected chi connectivity index (χ2v) is 6.07. The molecule has 5 nitrogen and oxygen atoms in total. The van der Waals surface area contributed by atoms with E-state index in [1.54, 1.807) is 24.3 Å². The van der Waals surface area contributed by atoms with Gasteiger partial charge in [-0.2, -0.15) is 0 Å². The molecule has 1 rings (SSSR count). The van der Waals surface area contributed by atoms with Gasteiger partial charge in [-0.05, 0) is 11.6 Å². The van der Waals surface area contributed by atoms with Crippen LogP contribution in [-0.2, 0) is 11.2 Å². The van der Waals surface area contributed by atoms with Crippen molar-refractivity contribution in [3.63, 3.8) is 0 Å². The van der Waals surface area contributed by atoms with Crippen LogP contribution in [0.3, 0.4) is 0 Å². The minimum atomic E-state index is -0.678. The summed E-state index contributed by atoms with van der Waals surface area (Å²) in [4.78, 5) is 23.2. The number of Topliss-reactive ketones (excluding diaryl/α,β-unsaturated/α-hetero) is 1. The number of nitrogens with two attached hydrogens (primary N) is 1. The molecule has 1 amide bonds. The number of benzene rings is 1. The molecule has 0 saturated carbocycles.